The Morgan fingerprint density at radius 2 is 1.84 bits per heavy atom. The van der Waals surface area contributed by atoms with E-state index in [2.05, 4.69) is 5.32 Å². The van der Waals surface area contributed by atoms with E-state index < -0.39 is 9.84 Å². The number of halogens is 2. The Labute approximate surface area is 122 Å². The third-order valence-corrected chi connectivity index (χ3v) is 3.87. The number of hydrogen-bond donors (Lipinski definition) is 2. The van der Waals surface area contributed by atoms with Crippen molar-refractivity contribution in [2.45, 2.75) is 12.8 Å². The minimum Gasteiger partial charge on any atom is -0.399 e. The van der Waals surface area contributed by atoms with Gasteiger partial charge in [0.15, 0.2) is 0 Å². The van der Waals surface area contributed by atoms with Crippen molar-refractivity contribution >= 4 is 50.3 Å². The number of amides is 1. The molecule has 0 spiro atoms. The van der Waals surface area contributed by atoms with Gasteiger partial charge in [0.05, 0.1) is 21.5 Å². The molecule has 0 aliphatic heterocycles. The Morgan fingerprint density at radius 1 is 1.32 bits per heavy atom. The van der Waals surface area contributed by atoms with E-state index in [1.807, 2.05) is 0 Å². The molecule has 0 heterocycles. The normalized spacial score (nSPS) is 11.3. The van der Waals surface area contributed by atoms with E-state index in [0.29, 0.717) is 5.69 Å². The molecule has 0 radical (unpaired) electrons. The van der Waals surface area contributed by atoms with Crippen molar-refractivity contribution in [1.82, 2.24) is 0 Å². The molecule has 1 aromatic carbocycles. The Bertz CT molecular complexity index is 565. The number of hydrogen-bond acceptors (Lipinski definition) is 4. The minimum absolute atomic E-state index is 0.0381. The van der Waals surface area contributed by atoms with Gasteiger partial charge in [-0.05, 0) is 18.6 Å². The van der Waals surface area contributed by atoms with Crippen LogP contribution in [-0.4, -0.2) is 26.3 Å². The maximum absolute atomic E-state index is 11.6. The fraction of sp³-hybridized carbons (Fsp3) is 0.364. The third-order valence-electron chi connectivity index (χ3n) is 2.25. The Morgan fingerprint density at radius 3 is 2.32 bits per heavy atom. The lowest BCUT2D eigenvalue weighted by Crippen LogP contribution is -2.14. The van der Waals surface area contributed by atoms with Gasteiger partial charge in [-0.1, -0.05) is 23.2 Å². The topological polar surface area (TPSA) is 89.3 Å². The van der Waals surface area contributed by atoms with Gasteiger partial charge in [-0.15, -0.1) is 0 Å². The van der Waals surface area contributed by atoms with Crippen LogP contribution >= 0.6 is 23.2 Å². The van der Waals surface area contributed by atoms with Crippen LogP contribution in [0, 0.1) is 0 Å². The molecule has 8 heteroatoms. The van der Waals surface area contributed by atoms with Crippen molar-refractivity contribution in [2.75, 3.05) is 23.1 Å². The SMILES string of the molecule is CS(=O)(=O)CCCC(=O)Nc1c(Cl)cc(N)cc1Cl. The number of nitrogen functional groups attached to an aromatic ring is 1. The number of carbonyl (C=O) groups is 1. The highest BCUT2D eigenvalue weighted by atomic mass is 35.5. The van der Waals surface area contributed by atoms with Gasteiger partial charge >= 0.3 is 0 Å². The largest absolute Gasteiger partial charge is 0.399 e. The zero-order chi connectivity index (χ0) is 14.6. The van der Waals surface area contributed by atoms with Crippen LogP contribution < -0.4 is 11.1 Å². The van der Waals surface area contributed by atoms with Gasteiger partial charge in [0.1, 0.15) is 9.84 Å². The maximum atomic E-state index is 11.6. The van der Waals surface area contributed by atoms with Crippen LogP contribution in [0.15, 0.2) is 12.1 Å². The van der Waals surface area contributed by atoms with Gasteiger partial charge in [-0.3, -0.25) is 4.79 Å². The van der Waals surface area contributed by atoms with Crippen LogP contribution in [-0.2, 0) is 14.6 Å². The fourth-order valence-electron chi connectivity index (χ4n) is 1.41. The lowest BCUT2D eigenvalue weighted by Gasteiger charge is -2.10. The summed E-state index contributed by atoms with van der Waals surface area (Å²) in [4.78, 5) is 11.6. The average Bonchev–Trinajstić information content (AvgIpc) is 2.21. The van der Waals surface area contributed by atoms with Crippen LogP contribution in [0.25, 0.3) is 0 Å². The summed E-state index contributed by atoms with van der Waals surface area (Å²) in [6, 6.07) is 2.94. The van der Waals surface area contributed by atoms with E-state index >= 15 is 0 Å². The number of benzene rings is 1. The summed E-state index contributed by atoms with van der Waals surface area (Å²) in [6.45, 7) is 0. The van der Waals surface area contributed by atoms with E-state index in [1.165, 1.54) is 12.1 Å². The van der Waals surface area contributed by atoms with E-state index in [1.54, 1.807) is 0 Å². The van der Waals surface area contributed by atoms with E-state index in [-0.39, 0.29) is 40.2 Å². The molecule has 1 amide bonds. The van der Waals surface area contributed by atoms with Gasteiger partial charge in [0.25, 0.3) is 0 Å². The molecule has 0 atom stereocenters. The molecule has 5 nitrogen and oxygen atoms in total. The van der Waals surface area contributed by atoms with Gasteiger partial charge in [-0.25, -0.2) is 8.42 Å². The number of nitrogens with two attached hydrogens (primary N) is 1. The van der Waals surface area contributed by atoms with E-state index in [4.69, 9.17) is 28.9 Å². The summed E-state index contributed by atoms with van der Waals surface area (Å²) in [7, 11) is -3.06. The molecule has 0 aromatic heterocycles. The van der Waals surface area contributed by atoms with Crippen molar-refractivity contribution in [3.05, 3.63) is 22.2 Å². The first-order valence-corrected chi connectivity index (χ1v) is 8.23. The summed E-state index contributed by atoms with van der Waals surface area (Å²) >= 11 is 11.8. The average molecular weight is 325 g/mol. The smallest absolute Gasteiger partial charge is 0.224 e. The first-order chi connectivity index (χ1) is 8.69. The third kappa shape index (κ3) is 5.67. The molecular formula is C11H14Cl2N2O3S. The van der Waals surface area contributed by atoms with Gasteiger partial charge < -0.3 is 11.1 Å². The van der Waals surface area contributed by atoms with Gasteiger partial charge in [0, 0.05) is 18.4 Å². The van der Waals surface area contributed by atoms with E-state index in [9.17, 15) is 13.2 Å². The fourth-order valence-corrected chi connectivity index (χ4v) is 2.68. The number of anilines is 2. The Balaban J connectivity index is 2.63. The van der Waals surface area contributed by atoms with Crippen molar-refractivity contribution in [1.29, 1.82) is 0 Å². The second kappa shape index (κ2) is 6.45. The van der Waals surface area contributed by atoms with Crippen LogP contribution in [0.4, 0.5) is 11.4 Å². The lowest BCUT2D eigenvalue weighted by molar-refractivity contribution is -0.116. The molecule has 0 aliphatic rings. The molecule has 1 rings (SSSR count). The maximum Gasteiger partial charge on any atom is 0.224 e. The lowest BCUT2D eigenvalue weighted by atomic mass is 10.2. The first kappa shape index (κ1) is 16.1. The highest BCUT2D eigenvalue weighted by Crippen LogP contribution is 2.32. The van der Waals surface area contributed by atoms with Crippen LogP contribution in [0.1, 0.15) is 12.8 Å². The summed E-state index contributed by atoms with van der Waals surface area (Å²) in [6.07, 6.45) is 1.44. The molecule has 19 heavy (non-hydrogen) atoms. The highest BCUT2D eigenvalue weighted by Gasteiger charge is 2.11. The van der Waals surface area contributed by atoms with Crippen LogP contribution in [0.5, 0.6) is 0 Å². The number of rotatable bonds is 5. The number of nitrogens with one attached hydrogen (secondary N) is 1. The van der Waals surface area contributed by atoms with Crippen molar-refractivity contribution < 1.29 is 13.2 Å². The molecule has 0 unspecified atom stereocenters. The first-order valence-electron chi connectivity index (χ1n) is 5.41. The quantitative estimate of drug-likeness (QED) is 0.813. The predicted molar refractivity (Wildman–Crippen MR) is 78.4 cm³/mol. The Kier molecular flexibility index (Phi) is 5.46. The minimum atomic E-state index is -3.06. The van der Waals surface area contributed by atoms with Crippen LogP contribution in [0.3, 0.4) is 0 Å². The standard InChI is InChI=1S/C11H14Cl2N2O3S/c1-19(17,18)4-2-3-10(16)15-11-8(12)5-7(14)6-9(11)13/h5-6H,2-4,14H2,1H3,(H,15,16). The molecule has 0 saturated carbocycles. The summed E-state index contributed by atoms with van der Waals surface area (Å²) in [5, 5.41) is 3.01. The van der Waals surface area contributed by atoms with Crippen molar-refractivity contribution in [2.24, 2.45) is 0 Å². The zero-order valence-corrected chi connectivity index (χ0v) is 12.6. The van der Waals surface area contributed by atoms with Gasteiger partial charge in [0.2, 0.25) is 5.91 Å². The molecule has 1 aromatic rings. The number of sulfone groups is 1. The summed E-state index contributed by atoms with van der Waals surface area (Å²) in [5.74, 6) is -0.388. The second-order valence-corrected chi connectivity index (χ2v) is 7.22. The summed E-state index contributed by atoms with van der Waals surface area (Å²) in [5.41, 5.74) is 6.21. The van der Waals surface area contributed by atoms with Crippen LogP contribution in [0.2, 0.25) is 10.0 Å². The summed E-state index contributed by atoms with van der Waals surface area (Å²) < 4.78 is 21.9. The molecule has 0 aliphatic carbocycles. The zero-order valence-electron chi connectivity index (χ0n) is 10.2. The van der Waals surface area contributed by atoms with E-state index in [0.717, 1.165) is 6.26 Å². The monoisotopic (exact) mass is 324 g/mol. The molecule has 0 bridgehead atoms. The molecule has 106 valence electrons. The predicted octanol–water partition coefficient (Wildman–Crippen LogP) is 2.34. The van der Waals surface area contributed by atoms with Crippen molar-refractivity contribution in [3.8, 4) is 0 Å². The molecular weight excluding hydrogens is 311 g/mol. The molecule has 3 N–H and O–H groups in total. The molecule has 0 fully saturated rings. The molecule has 0 saturated heterocycles. The highest BCUT2D eigenvalue weighted by molar-refractivity contribution is 7.90. The number of carbonyl (C=O) groups excluding carboxylic acids is 1. The van der Waals surface area contributed by atoms with Crippen molar-refractivity contribution in [3.63, 3.8) is 0 Å². The Hall–Kier alpha value is -0.980. The van der Waals surface area contributed by atoms with Gasteiger partial charge in [-0.2, -0.15) is 0 Å². The second-order valence-electron chi connectivity index (χ2n) is 4.14.